The van der Waals surface area contributed by atoms with Gasteiger partial charge in [0.1, 0.15) is 0 Å². The van der Waals surface area contributed by atoms with Gasteiger partial charge in [-0.3, -0.25) is 4.79 Å². The molecule has 2 rings (SSSR count). The molecule has 4 nitrogen and oxygen atoms in total. The summed E-state index contributed by atoms with van der Waals surface area (Å²) in [5.41, 5.74) is 0.173. The molecule has 1 aliphatic carbocycles. The SMILES string of the molecule is CS(=O)(=O)c1ccccc1C1(CC(=O)O)CCC1. The molecule has 98 valence electrons. The van der Waals surface area contributed by atoms with E-state index in [2.05, 4.69) is 0 Å². The second-order valence-electron chi connectivity index (χ2n) is 4.97. The lowest BCUT2D eigenvalue weighted by atomic mass is 9.62. The standard InChI is InChI=1S/C13H16O4S/c1-18(16,17)11-6-3-2-5-10(11)13(7-4-8-13)9-12(14)15/h2-3,5-6H,4,7-9H2,1H3,(H,14,15). The van der Waals surface area contributed by atoms with Gasteiger partial charge in [-0.15, -0.1) is 0 Å². The normalized spacial score (nSPS) is 18.1. The minimum Gasteiger partial charge on any atom is -0.481 e. The summed E-state index contributed by atoms with van der Waals surface area (Å²) in [5, 5.41) is 9.02. The van der Waals surface area contributed by atoms with Gasteiger partial charge in [0.05, 0.1) is 11.3 Å². The van der Waals surface area contributed by atoms with Crippen molar-refractivity contribution in [2.75, 3.05) is 6.26 Å². The Hall–Kier alpha value is -1.36. The highest BCUT2D eigenvalue weighted by atomic mass is 32.2. The number of carboxylic acid groups (broad SMARTS) is 1. The summed E-state index contributed by atoms with van der Waals surface area (Å²) >= 11 is 0. The molecule has 0 aromatic heterocycles. The zero-order chi connectivity index (χ0) is 13.4. The Morgan fingerprint density at radius 3 is 2.39 bits per heavy atom. The lowest BCUT2D eigenvalue weighted by molar-refractivity contribution is -0.139. The third-order valence-electron chi connectivity index (χ3n) is 3.66. The number of sulfone groups is 1. The summed E-state index contributed by atoms with van der Waals surface area (Å²) in [4.78, 5) is 11.3. The van der Waals surface area contributed by atoms with E-state index in [1.54, 1.807) is 24.3 Å². The molecule has 0 amide bonds. The molecule has 1 aromatic rings. The van der Waals surface area contributed by atoms with Crippen LogP contribution in [0.4, 0.5) is 0 Å². The van der Waals surface area contributed by atoms with Crippen molar-refractivity contribution in [2.24, 2.45) is 0 Å². The van der Waals surface area contributed by atoms with E-state index in [0.717, 1.165) is 19.3 Å². The molecule has 0 atom stereocenters. The second-order valence-corrected chi connectivity index (χ2v) is 6.96. The number of hydrogen-bond donors (Lipinski definition) is 1. The summed E-state index contributed by atoms with van der Waals surface area (Å²) in [6.07, 6.45) is 3.60. The van der Waals surface area contributed by atoms with E-state index in [1.807, 2.05) is 0 Å². The van der Waals surface area contributed by atoms with Crippen LogP contribution in [-0.4, -0.2) is 25.7 Å². The summed E-state index contributed by atoms with van der Waals surface area (Å²) in [6.45, 7) is 0. The van der Waals surface area contributed by atoms with Crippen LogP contribution < -0.4 is 0 Å². The number of carbonyl (C=O) groups is 1. The van der Waals surface area contributed by atoms with E-state index >= 15 is 0 Å². The number of benzene rings is 1. The Morgan fingerprint density at radius 2 is 1.94 bits per heavy atom. The number of hydrogen-bond acceptors (Lipinski definition) is 3. The molecule has 0 radical (unpaired) electrons. The molecule has 1 aliphatic rings. The lowest BCUT2D eigenvalue weighted by Crippen LogP contribution is -2.37. The van der Waals surface area contributed by atoms with Crippen LogP contribution in [0.1, 0.15) is 31.2 Å². The minimum atomic E-state index is -3.32. The maximum atomic E-state index is 11.8. The maximum absolute atomic E-state index is 11.8. The van der Waals surface area contributed by atoms with Crippen LogP contribution in [0.25, 0.3) is 0 Å². The average Bonchev–Trinajstić information content (AvgIpc) is 2.22. The van der Waals surface area contributed by atoms with Crippen LogP contribution in [-0.2, 0) is 20.0 Å². The predicted molar refractivity (Wildman–Crippen MR) is 67.3 cm³/mol. The second kappa shape index (κ2) is 4.39. The fourth-order valence-electron chi connectivity index (χ4n) is 2.66. The largest absolute Gasteiger partial charge is 0.481 e. The van der Waals surface area contributed by atoms with Gasteiger partial charge in [-0.05, 0) is 24.5 Å². The summed E-state index contributed by atoms with van der Waals surface area (Å²) < 4.78 is 23.6. The van der Waals surface area contributed by atoms with Crippen LogP contribution in [0.2, 0.25) is 0 Å². The van der Waals surface area contributed by atoms with Crippen molar-refractivity contribution in [1.82, 2.24) is 0 Å². The van der Waals surface area contributed by atoms with E-state index in [-0.39, 0.29) is 11.3 Å². The summed E-state index contributed by atoms with van der Waals surface area (Å²) in [6, 6.07) is 6.75. The van der Waals surface area contributed by atoms with Gasteiger partial charge in [-0.1, -0.05) is 24.6 Å². The minimum absolute atomic E-state index is 0.000463. The molecule has 1 saturated carbocycles. The van der Waals surface area contributed by atoms with Crippen molar-refractivity contribution in [3.63, 3.8) is 0 Å². The first kappa shape index (κ1) is 13.1. The van der Waals surface area contributed by atoms with Crippen LogP contribution in [0.5, 0.6) is 0 Å². The zero-order valence-corrected chi connectivity index (χ0v) is 11.0. The molecule has 1 aromatic carbocycles. The van der Waals surface area contributed by atoms with Gasteiger partial charge in [0.15, 0.2) is 9.84 Å². The molecular formula is C13H16O4S. The molecule has 0 unspecified atom stereocenters. The first-order valence-electron chi connectivity index (χ1n) is 5.87. The van der Waals surface area contributed by atoms with Gasteiger partial charge in [-0.25, -0.2) is 8.42 Å². The van der Waals surface area contributed by atoms with Crippen molar-refractivity contribution in [2.45, 2.75) is 36.0 Å². The Morgan fingerprint density at radius 1 is 1.33 bits per heavy atom. The van der Waals surface area contributed by atoms with Gasteiger partial charge < -0.3 is 5.11 Å². The van der Waals surface area contributed by atoms with E-state index < -0.39 is 21.2 Å². The molecule has 0 spiro atoms. The highest BCUT2D eigenvalue weighted by Gasteiger charge is 2.42. The Balaban J connectivity index is 2.53. The van der Waals surface area contributed by atoms with Crippen LogP contribution in [0, 0.1) is 0 Å². The molecule has 0 saturated heterocycles. The quantitative estimate of drug-likeness (QED) is 0.906. The van der Waals surface area contributed by atoms with E-state index in [0.29, 0.717) is 5.56 Å². The van der Waals surface area contributed by atoms with Gasteiger partial charge in [-0.2, -0.15) is 0 Å². The van der Waals surface area contributed by atoms with Crippen molar-refractivity contribution < 1.29 is 18.3 Å². The Labute approximate surface area is 107 Å². The topological polar surface area (TPSA) is 71.4 Å². The van der Waals surface area contributed by atoms with E-state index in [9.17, 15) is 13.2 Å². The van der Waals surface area contributed by atoms with Crippen LogP contribution >= 0.6 is 0 Å². The average molecular weight is 268 g/mol. The molecule has 0 heterocycles. The van der Waals surface area contributed by atoms with E-state index in [4.69, 9.17) is 5.11 Å². The third kappa shape index (κ3) is 2.27. The summed E-state index contributed by atoms with van der Waals surface area (Å²) in [5.74, 6) is -0.877. The third-order valence-corrected chi connectivity index (χ3v) is 4.81. The number of aliphatic carboxylic acids is 1. The highest BCUT2D eigenvalue weighted by molar-refractivity contribution is 7.90. The highest BCUT2D eigenvalue weighted by Crippen LogP contribution is 2.48. The Bertz CT molecular complexity index is 570. The smallest absolute Gasteiger partial charge is 0.304 e. The predicted octanol–water partition coefficient (Wildman–Crippen LogP) is 1.99. The molecule has 5 heteroatoms. The number of rotatable bonds is 4. The monoisotopic (exact) mass is 268 g/mol. The van der Waals surface area contributed by atoms with Crippen molar-refractivity contribution in [3.05, 3.63) is 29.8 Å². The molecule has 1 N–H and O–H groups in total. The molecular weight excluding hydrogens is 252 g/mol. The van der Waals surface area contributed by atoms with Crippen LogP contribution in [0.15, 0.2) is 29.2 Å². The van der Waals surface area contributed by atoms with Gasteiger partial charge in [0, 0.05) is 11.7 Å². The first-order valence-corrected chi connectivity index (χ1v) is 7.76. The van der Waals surface area contributed by atoms with Crippen LogP contribution in [0.3, 0.4) is 0 Å². The lowest BCUT2D eigenvalue weighted by Gasteiger charge is -2.42. The summed E-state index contributed by atoms with van der Waals surface area (Å²) in [7, 11) is -3.32. The molecule has 1 fully saturated rings. The van der Waals surface area contributed by atoms with Gasteiger partial charge in [0.2, 0.25) is 0 Å². The molecule has 0 aliphatic heterocycles. The molecule has 18 heavy (non-hydrogen) atoms. The van der Waals surface area contributed by atoms with Crippen molar-refractivity contribution >= 4 is 15.8 Å². The fourth-order valence-corrected chi connectivity index (χ4v) is 3.67. The molecule has 0 bridgehead atoms. The Kier molecular flexibility index (Phi) is 3.19. The van der Waals surface area contributed by atoms with Crippen molar-refractivity contribution in [1.29, 1.82) is 0 Å². The van der Waals surface area contributed by atoms with Gasteiger partial charge >= 0.3 is 5.97 Å². The fraction of sp³-hybridized carbons (Fsp3) is 0.462. The number of carboxylic acids is 1. The van der Waals surface area contributed by atoms with Gasteiger partial charge in [0.25, 0.3) is 0 Å². The van der Waals surface area contributed by atoms with Crippen molar-refractivity contribution in [3.8, 4) is 0 Å². The first-order chi connectivity index (χ1) is 8.35. The zero-order valence-electron chi connectivity index (χ0n) is 10.2. The maximum Gasteiger partial charge on any atom is 0.304 e. The van der Waals surface area contributed by atoms with E-state index in [1.165, 1.54) is 6.26 Å².